The van der Waals surface area contributed by atoms with Gasteiger partial charge in [-0.2, -0.15) is 0 Å². The molecule has 1 saturated heterocycles. The molecular formula is C15H19ClO2. The summed E-state index contributed by atoms with van der Waals surface area (Å²) in [7, 11) is 0. The number of hydrogen-bond donors (Lipinski definition) is 0. The highest BCUT2D eigenvalue weighted by atomic mass is 35.5. The fourth-order valence-electron chi connectivity index (χ4n) is 2.99. The van der Waals surface area contributed by atoms with Crippen LogP contribution in [0.25, 0.3) is 0 Å². The Hall–Kier alpha value is -0.730. The van der Waals surface area contributed by atoms with Crippen molar-refractivity contribution in [2.45, 2.75) is 44.3 Å². The second-order valence-corrected chi connectivity index (χ2v) is 5.90. The summed E-state index contributed by atoms with van der Waals surface area (Å²) < 4.78 is 11.3. The third-order valence-corrected chi connectivity index (χ3v) is 4.62. The number of ether oxygens (including phenoxy) is 2. The van der Waals surface area contributed by atoms with Gasteiger partial charge in [0.1, 0.15) is 11.9 Å². The van der Waals surface area contributed by atoms with E-state index in [1.165, 1.54) is 11.1 Å². The first-order valence-electron chi connectivity index (χ1n) is 6.70. The maximum absolute atomic E-state index is 6.62. The monoisotopic (exact) mass is 266 g/mol. The minimum atomic E-state index is 0.0451. The standard InChI is InChI=1S/C15H19ClO2/c1-9-7-12-8-11(3-4-14(12)18-9)15(16)13-5-6-17-10(13)2/h3-4,8-10,13,15H,5-7H2,1-2H3. The van der Waals surface area contributed by atoms with Gasteiger partial charge in [-0.25, -0.2) is 0 Å². The van der Waals surface area contributed by atoms with Crippen molar-refractivity contribution in [2.75, 3.05) is 6.61 Å². The molecule has 18 heavy (non-hydrogen) atoms. The molecule has 2 heterocycles. The first-order valence-corrected chi connectivity index (χ1v) is 7.14. The number of hydrogen-bond acceptors (Lipinski definition) is 2. The van der Waals surface area contributed by atoms with Gasteiger partial charge in [0.15, 0.2) is 0 Å². The lowest BCUT2D eigenvalue weighted by Crippen LogP contribution is -2.16. The molecule has 0 aromatic heterocycles. The van der Waals surface area contributed by atoms with E-state index in [1.54, 1.807) is 0 Å². The van der Waals surface area contributed by atoms with E-state index in [9.17, 15) is 0 Å². The van der Waals surface area contributed by atoms with Gasteiger partial charge in [0.2, 0.25) is 0 Å². The SMILES string of the molecule is CC1Cc2cc(C(Cl)C3CCOC3C)ccc2O1. The smallest absolute Gasteiger partial charge is 0.123 e. The molecule has 2 nitrogen and oxygen atoms in total. The van der Waals surface area contributed by atoms with Gasteiger partial charge in [0.25, 0.3) is 0 Å². The molecule has 2 aliphatic heterocycles. The molecule has 98 valence electrons. The highest BCUT2D eigenvalue weighted by Gasteiger charge is 2.32. The molecule has 0 N–H and O–H groups in total. The van der Waals surface area contributed by atoms with Crippen LogP contribution in [0, 0.1) is 5.92 Å². The summed E-state index contributed by atoms with van der Waals surface area (Å²) in [6.07, 6.45) is 2.59. The quantitative estimate of drug-likeness (QED) is 0.760. The van der Waals surface area contributed by atoms with Gasteiger partial charge in [0.05, 0.1) is 11.5 Å². The van der Waals surface area contributed by atoms with Crippen molar-refractivity contribution in [3.63, 3.8) is 0 Å². The molecule has 3 rings (SSSR count). The van der Waals surface area contributed by atoms with Crippen LogP contribution in [0.2, 0.25) is 0 Å². The van der Waals surface area contributed by atoms with E-state index < -0.39 is 0 Å². The molecule has 0 bridgehead atoms. The number of benzene rings is 1. The Kier molecular flexibility index (Phi) is 3.25. The van der Waals surface area contributed by atoms with Crippen LogP contribution in [0.15, 0.2) is 18.2 Å². The van der Waals surface area contributed by atoms with Gasteiger partial charge >= 0.3 is 0 Å². The van der Waals surface area contributed by atoms with Crippen molar-refractivity contribution in [1.29, 1.82) is 0 Å². The van der Waals surface area contributed by atoms with E-state index in [2.05, 4.69) is 32.0 Å². The maximum atomic E-state index is 6.62. The van der Waals surface area contributed by atoms with Crippen LogP contribution in [0.5, 0.6) is 5.75 Å². The van der Waals surface area contributed by atoms with Crippen LogP contribution < -0.4 is 4.74 Å². The summed E-state index contributed by atoms with van der Waals surface area (Å²) in [5.41, 5.74) is 2.49. The zero-order valence-corrected chi connectivity index (χ0v) is 11.6. The molecule has 3 heteroatoms. The van der Waals surface area contributed by atoms with Gasteiger partial charge in [-0.05, 0) is 37.5 Å². The Morgan fingerprint density at radius 3 is 2.89 bits per heavy atom. The minimum Gasteiger partial charge on any atom is -0.490 e. The van der Waals surface area contributed by atoms with E-state index in [4.69, 9.17) is 21.1 Å². The molecule has 1 aromatic rings. The molecule has 0 saturated carbocycles. The summed E-state index contributed by atoms with van der Waals surface area (Å²) >= 11 is 6.62. The van der Waals surface area contributed by atoms with Crippen LogP contribution in [-0.4, -0.2) is 18.8 Å². The molecule has 4 unspecified atom stereocenters. The molecule has 4 atom stereocenters. The Labute approximate surface area is 113 Å². The van der Waals surface area contributed by atoms with Crippen LogP contribution >= 0.6 is 11.6 Å². The van der Waals surface area contributed by atoms with E-state index >= 15 is 0 Å². The predicted octanol–water partition coefficient (Wildman–Crippen LogP) is 3.71. The molecule has 0 amide bonds. The third kappa shape index (κ3) is 2.12. The fraction of sp³-hybridized carbons (Fsp3) is 0.600. The van der Waals surface area contributed by atoms with E-state index in [0.717, 1.165) is 25.2 Å². The summed E-state index contributed by atoms with van der Waals surface area (Å²) in [5.74, 6) is 1.44. The van der Waals surface area contributed by atoms with Crippen LogP contribution in [0.3, 0.4) is 0 Å². The van der Waals surface area contributed by atoms with Crippen molar-refractivity contribution in [3.05, 3.63) is 29.3 Å². The summed E-state index contributed by atoms with van der Waals surface area (Å²) in [6, 6.07) is 6.37. The van der Waals surface area contributed by atoms with Gasteiger partial charge in [0, 0.05) is 18.9 Å². The van der Waals surface area contributed by atoms with Crippen LogP contribution in [-0.2, 0) is 11.2 Å². The number of rotatable bonds is 2. The van der Waals surface area contributed by atoms with Crippen LogP contribution in [0.4, 0.5) is 0 Å². The van der Waals surface area contributed by atoms with Crippen molar-refractivity contribution < 1.29 is 9.47 Å². The Morgan fingerprint density at radius 2 is 2.17 bits per heavy atom. The average molecular weight is 267 g/mol. The van der Waals surface area contributed by atoms with E-state index in [-0.39, 0.29) is 17.6 Å². The Balaban J connectivity index is 1.82. The van der Waals surface area contributed by atoms with Crippen molar-refractivity contribution >= 4 is 11.6 Å². The Morgan fingerprint density at radius 1 is 1.33 bits per heavy atom. The van der Waals surface area contributed by atoms with E-state index in [0.29, 0.717) is 5.92 Å². The molecule has 0 aliphatic carbocycles. The molecule has 1 fully saturated rings. The first kappa shape index (κ1) is 12.3. The summed E-state index contributed by atoms with van der Waals surface area (Å²) in [4.78, 5) is 0. The van der Waals surface area contributed by atoms with Gasteiger partial charge in [-0.15, -0.1) is 11.6 Å². The summed E-state index contributed by atoms with van der Waals surface area (Å²) in [5, 5.41) is 0.0451. The lowest BCUT2D eigenvalue weighted by atomic mass is 9.92. The van der Waals surface area contributed by atoms with E-state index in [1.807, 2.05) is 0 Å². The Bertz CT molecular complexity index is 446. The number of fused-ring (bicyclic) bond motifs is 1. The van der Waals surface area contributed by atoms with Gasteiger partial charge in [-0.3, -0.25) is 0 Å². The molecular weight excluding hydrogens is 248 g/mol. The van der Waals surface area contributed by atoms with Crippen LogP contribution in [0.1, 0.15) is 36.8 Å². The molecule has 1 aromatic carbocycles. The minimum absolute atomic E-state index is 0.0451. The average Bonchev–Trinajstić information content (AvgIpc) is 2.91. The second kappa shape index (κ2) is 4.75. The highest BCUT2D eigenvalue weighted by molar-refractivity contribution is 6.21. The molecule has 0 spiro atoms. The first-order chi connectivity index (χ1) is 8.65. The summed E-state index contributed by atoms with van der Waals surface area (Å²) in [6.45, 7) is 5.05. The number of alkyl halides is 1. The highest BCUT2D eigenvalue weighted by Crippen LogP contribution is 2.40. The van der Waals surface area contributed by atoms with Crippen molar-refractivity contribution in [2.24, 2.45) is 5.92 Å². The fourth-order valence-corrected chi connectivity index (χ4v) is 3.46. The zero-order chi connectivity index (χ0) is 12.7. The second-order valence-electron chi connectivity index (χ2n) is 5.43. The lowest BCUT2D eigenvalue weighted by molar-refractivity contribution is 0.105. The maximum Gasteiger partial charge on any atom is 0.123 e. The normalized spacial score (nSPS) is 32.1. The lowest BCUT2D eigenvalue weighted by Gasteiger charge is -2.20. The topological polar surface area (TPSA) is 18.5 Å². The zero-order valence-electron chi connectivity index (χ0n) is 10.9. The predicted molar refractivity (Wildman–Crippen MR) is 72.4 cm³/mol. The van der Waals surface area contributed by atoms with Gasteiger partial charge in [-0.1, -0.05) is 12.1 Å². The largest absolute Gasteiger partial charge is 0.490 e. The van der Waals surface area contributed by atoms with Crippen molar-refractivity contribution in [1.82, 2.24) is 0 Å². The molecule has 0 radical (unpaired) electrons. The van der Waals surface area contributed by atoms with Crippen molar-refractivity contribution in [3.8, 4) is 5.75 Å². The third-order valence-electron chi connectivity index (χ3n) is 4.05. The van der Waals surface area contributed by atoms with Gasteiger partial charge < -0.3 is 9.47 Å². The molecule has 2 aliphatic rings. The number of halogens is 1.